The van der Waals surface area contributed by atoms with Crippen molar-refractivity contribution < 1.29 is 19.4 Å². The van der Waals surface area contributed by atoms with Crippen molar-refractivity contribution in [2.75, 3.05) is 6.61 Å². The molecule has 1 heterocycles. The van der Waals surface area contributed by atoms with Gasteiger partial charge < -0.3 is 15.2 Å². The van der Waals surface area contributed by atoms with Gasteiger partial charge in [0.1, 0.15) is 0 Å². The second-order valence-electron chi connectivity index (χ2n) is 6.55. The van der Waals surface area contributed by atoms with E-state index in [0.717, 1.165) is 17.5 Å². The van der Waals surface area contributed by atoms with E-state index in [9.17, 15) is 14.7 Å². The number of carboxylic acid groups (broad SMARTS) is 1. The molecular formula is C20H19Cl2NO4. The largest absolute Gasteiger partial charge is 0.479 e. The summed E-state index contributed by atoms with van der Waals surface area (Å²) in [4.78, 5) is 23.8. The summed E-state index contributed by atoms with van der Waals surface area (Å²) >= 11 is 11.9. The number of nitrogens with one attached hydrogen (secondary N) is 1. The Morgan fingerprint density at radius 2 is 1.81 bits per heavy atom. The highest BCUT2D eigenvalue weighted by Crippen LogP contribution is 2.30. The highest BCUT2D eigenvalue weighted by molar-refractivity contribution is 6.36. The first-order valence-corrected chi connectivity index (χ1v) is 9.34. The van der Waals surface area contributed by atoms with Crippen LogP contribution in [0.5, 0.6) is 0 Å². The summed E-state index contributed by atoms with van der Waals surface area (Å²) in [5.41, 5.74) is 1.02. The molecule has 1 fully saturated rings. The van der Waals surface area contributed by atoms with Gasteiger partial charge in [-0.15, -0.1) is 0 Å². The van der Waals surface area contributed by atoms with Crippen LogP contribution in [0.3, 0.4) is 0 Å². The third kappa shape index (κ3) is 4.61. The predicted molar refractivity (Wildman–Crippen MR) is 103 cm³/mol. The lowest BCUT2D eigenvalue weighted by Crippen LogP contribution is -2.40. The number of carboxylic acids is 1. The van der Waals surface area contributed by atoms with Crippen LogP contribution in [-0.2, 0) is 22.5 Å². The summed E-state index contributed by atoms with van der Waals surface area (Å²) < 4.78 is 5.51. The van der Waals surface area contributed by atoms with Crippen LogP contribution in [0.15, 0.2) is 42.5 Å². The molecule has 1 saturated heterocycles. The third-order valence-electron chi connectivity index (χ3n) is 4.63. The van der Waals surface area contributed by atoms with E-state index in [4.69, 9.17) is 27.9 Å². The Morgan fingerprint density at radius 1 is 1.11 bits per heavy atom. The lowest BCUT2D eigenvalue weighted by molar-refractivity contribution is -0.159. The number of rotatable bonds is 6. The maximum absolute atomic E-state index is 12.2. The van der Waals surface area contributed by atoms with E-state index in [1.807, 2.05) is 24.3 Å². The van der Waals surface area contributed by atoms with Crippen molar-refractivity contribution in [1.82, 2.24) is 5.32 Å². The van der Waals surface area contributed by atoms with Crippen LogP contribution in [0.2, 0.25) is 10.0 Å². The zero-order chi connectivity index (χ0) is 19.4. The van der Waals surface area contributed by atoms with Crippen molar-refractivity contribution in [1.29, 1.82) is 0 Å². The van der Waals surface area contributed by atoms with Crippen LogP contribution < -0.4 is 5.32 Å². The number of carbonyl (C=O) groups excluding carboxylic acids is 1. The van der Waals surface area contributed by atoms with E-state index in [1.54, 1.807) is 12.1 Å². The Balaban J connectivity index is 1.61. The molecule has 0 radical (unpaired) electrons. The monoisotopic (exact) mass is 407 g/mol. The number of amides is 1. The van der Waals surface area contributed by atoms with Crippen LogP contribution in [0.25, 0.3) is 0 Å². The topological polar surface area (TPSA) is 75.6 Å². The van der Waals surface area contributed by atoms with E-state index in [2.05, 4.69) is 5.32 Å². The SMILES string of the molecule is O=C(NCc1ccc(CC2(C(=O)O)CCCO2)cc1)c1ccc(Cl)cc1Cl. The van der Waals surface area contributed by atoms with E-state index in [1.165, 1.54) is 6.07 Å². The van der Waals surface area contributed by atoms with Crippen molar-refractivity contribution >= 4 is 35.1 Å². The molecule has 0 aromatic heterocycles. The van der Waals surface area contributed by atoms with Gasteiger partial charge in [-0.2, -0.15) is 0 Å². The highest BCUT2D eigenvalue weighted by atomic mass is 35.5. The molecule has 142 valence electrons. The van der Waals surface area contributed by atoms with Crippen molar-refractivity contribution in [3.63, 3.8) is 0 Å². The molecule has 27 heavy (non-hydrogen) atoms. The molecule has 0 aliphatic carbocycles. The van der Waals surface area contributed by atoms with Crippen LogP contribution in [0.1, 0.15) is 34.3 Å². The Kier molecular flexibility index (Phi) is 6.05. The third-order valence-corrected chi connectivity index (χ3v) is 5.18. The van der Waals surface area contributed by atoms with Gasteiger partial charge in [-0.05, 0) is 42.2 Å². The lowest BCUT2D eigenvalue weighted by Gasteiger charge is -2.23. The quantitative estimate of drug-likeness (QED) is 0.755. The Bertz CT molecular complexity index is 846. The van der Waals surface area contributed by atoms with Crippen molar-refractivity contribution in [3.8, 4) is 0 Å². The first-order chi connectivity index (χ1) is 12.9. The first-order valence-electron chi connectivity index (χ1n) is 8.58. The number of aliphatic carboxylic acids is 1. The van der Waals surface area contributed by atoms with Gasteiger partial charge in [0, 0.05) is 24.6 Å². The lowest BCUT2D eigenvalue weighted by atomic mass is 9.91. The van der Waals surface area contributed by atoms with Crippen molar-refractivity contribution in [3.05, 3.63) is 69.2 Å². The van der Waals surface area contributed by atoms with E-state index < -0.39 is 11.6 Å². The molecule has 7 heteroatoms. The average molecular weight is 408 g/mol. The van der Waals surface area contributed by atoms with Gasteiger partial charge >= 0.3 is 5.97 Å². The molecule has 1 aliphatic rings. The van der Waals surface area contributed by atoms with Crippen LogP contribution in [0.4, 0.5) is 0 Å². The van der Waals surface area contributed by atoms with E-state index >= 15 is 0 Å². The minimum Gasteiger partial charge on any atom is -0.479 e. The molecule has 2 aromatic carbocycles. The van der Waals surface area contributed by atoms with Gasteiger partial charge in [0.2, 0.25) is 0 Å². The number of halogens is 2. The molecule has 2 aromatic rings. The van der Waals surface area contributed by atoms with Crippen LogP contribution in [0, 0.1) is 0 Å². The maximum Gasteiger partial charge on any atom is 0.336 e. The number of hydrogen-bond donors (Lipinski definition) is 2. The minimum absolute atomic E-state index is 0.287. The average Bonchev–Trinajstić information content (AvgIpc) is 3.11. The number of benzene rings is 2. The Morgan fingerprint density at radius 3 is 2.41 bits per heavy atom. The summed E-state index contributed by atoms with van der Waals surface area (Å²) in [5.74, 6) is -1.21. The fraction of sp³-hybridized carbons (Fsp3) is 0.300. The molecule has 1 amide bonds. The molecule has 1 aliphatic heterocycles. The second kappa shape index (κ2) is 8.30. The predicted octanol–water partition coefficient (Wildman–Crippen LogP) is 4.10. The smallest absolute Gasteiger partial charge is 0.336 e. The summed E-state index contributed by atoms with van der Waals surface area (Å²) in [6.07, 6.45) is 1.60. The molecular weight excluding hydrogens is 389 g/mol. The minimum atomic E-state index is -1.12. The van der Waals surface area contributed by atoms with Gasteiger partial charge in [-0.25, -0.2) is 4.79 Å². The molecule has 0 bridgehead atoms. The number of hydrogen-bond acceptors (Lipinski definition) is 3. The van der Waals surface area contributed by atoms with Gasteiger partial charge in [-0.3, -0.25) is 4.79 Å². The fourth-order valence-electron chi connectivity index (χ4n) is 3.14. The van der Waals surface area contributed by atoms with E-state index in [0.29, 0.717) is 41.6 Å². The molecule has 2 N–H and O–H groups in total. The second-order valence-corrected chi connectivity index (χ2v) is 7.40. The number of carbonyl (C=O) groups is 2. The standard InChI is InChI=1S/C20H19Cl2NO4/c21-15-6-7-16(17(22)10-15)18(24)23-12-14-4-2-13(3-5-14)11-20(19(25)26)8-1-9-27-20/h2-7,10H,1,8-9,11-12H2,(H,23,24)(H,25,26). The van der Waals surface area contributed by atoms with Crippen molar-refractivity contribution in [2.24, 2.45) is 0 Å². The van der Waals surface area contributed by atoms with Gasteiger partial charge in [0.25, 0.3) is 5.91 Å². The van der Waals surface area contributed by atoms with Gasteiger partial charge in [-0.1, -0.05) is 47.5 Å². The molecule has 0 spiro atoms. The highest BCUT2D eigenvalue weighted by Gasteiger charge is 2.42. The zero-order valence-electron chi connectivity index (χ0n) is 14.5. The normalized spacial score (nSPS) is 19.0. The van der Waals surface area contributed by atoms with Crippen LogP contribution >= 0.6 is 23.2 Å². The summed E-state index contributed by atoms with van der Waals surface area (Å²) in [7, 11) is 0. The summed E-state index contributed by atoms with van der Waals surface area (Å²) in [6, 6.07) is 12.2. The first kappa shape index (κ1) is 19.7. The molecule has 5 nitrogen and oxygen atoms in total. The molecule has 0 saturated carbocycles. The zero-order valence-corrected chi connectivity index (χ0v) is 16.0. The molecule has 1 unspecified atom stereocenters. The summed E-state index contributed by atoms with van der Waals surface area (Å²) in [6.45, 7) is 0.808. The van der Waals surface area contributed by atoms with Gasteiger partial charge in [0.05, 0.1) is 10.6 Å². The Labute approximate surface area is 167 Å². The van der Waals surface area contributed by atoms with Crippen molar-refractivity contribution in [2.45, 2.75) is 31.4 Å². The van der Waals surface area contributed by atoms with Crippen LogP contribution in [-0.4, -0.2) is 29.2 Å². The molecule has 1 atom stereocenters. The van der Waals surface area contributed by atoms with Gasteiger partial charge in [0.15, 0.2) is 5.60 Å². The number of ether oxygens (including phenoxy) is 1. The maximum atomic E-state index is 12.2. The summed E-state index contributed by atoms with van der Waals surface area (Å²) in [5, 5.41) is 13.1. The van der Waals surface area contributed by atoms with E-state index in [-0.39, 0.29) is 5.91 Å². The molecule has 3 rings (SSSR count). The Hall–Kier alpha value is -2.08. The fourth-order valence-corrected chi connectivity index (χ4v) is 3.63.